The van der Waals surface area contributed by atoms with Gasteiger partial charge < -0.3 is 9.84 Å². The summed E-state index contributed by atoms with van der Waals surface area (Å²) in [6.07, 6.45) is 0.0544. The average Bonchev–Trinajstić information content (AvgIpc) is 2.59. The van der Waals surface area contributed by atoms with Gasteiger partial charge in [0, 0.05) is 19.1 Å². The lowest BCUT2D eigenvalue weighted by molar-refractivity contribution is -0.0635. The SMILES string of the molecule is Cc1ccc(C)c(C2CN(Cc3cccc(C(=O)O)c3)C(C)CO2)c1. The molecule has 0 bridgehead atoms. The third-order valence-electron chi connectivity index (χ3n) is 4.90. The van der Waals surface area contributed by atoms with E-state index in [9.17, 15) is 9.90 Å². The predicted octanol–water partition coefficient (Wildman–Crippen LogP) is 3.96. The highest BCUT2D eigenvalue weighted by molar-refractivity contribution is 5.87. The number of aryl methyl sites for hydroxylation is 2. The highest BCUT2D eigenvalue weighted by Gasteiger charge is 2.28. The van der Waals surface area contributed by atoms with Crippen LogP contribution in [0.1, 0.15) is 45.6 Å². The zero-order chi connectivity index (χ0) is 18.0. The second kappa shape index (κ2) is 7.38. The first kappa shape index (κ1) is 17.6. The molecule has 1 N–H and O–H groups in total. The molecule has 2 unspecified atom stereocenters. The number of benzene rings is 2. The summed E-state index contributed by atoms with van der Waals surface area (Å²) in [5, 5.41) is 9.18. The number of aromatic carboxylic acids is 1. The van der Waals surface area contributed by atoms with Gasteiger partial charge in [-0.25, -0.2) is 4.79 Å². The highest BCUT2D eigenvalue weighted by Crippen LogP contribution is 2.29. The molecule has 2 aromatic rings. The monoisotopic (exact) mass is 339 g/mol. The zero-order valence-corrected chi connectivity index (χ0v) is 15.0. The Labute approximate surface area is 149 Å². The van der Waals surface area contributed by atoms with E-state index in [2.05, 4.69) is 43.9 Å². The zero-order valence-electron chi connectivity index (χ0n) is 15.0. The molecule has 2 aromatic carbocycles. The van der Waals surface area contributed by atoms with Crippen molar-refractivity contribution in [1.82, 2.24) is 4.90 Å². The standard InChI is InChI=1S/C21H25NO3/c1-14-7-8-15(2)19(9-14)20-12-22(16(3)13-25-20)11-17-5-4-6-18(10-17)21(23)24/h4-10,16,20H,11-13H2,1-3H3,(H,23,24). The molecule has 0 aliphatic carbocycles. The van der Waals surface area contributed by atoms with Crippen molar-refractivity contribution in [3.8, 4) is 0 Å². The fraction of sp³-hybridized carbons (Fsp3) is 0.381. The number of carboxylic acids is 1. The summed E-state index contributed by atoms with van der Waals surface area (Å²) < 4.78 is 6.11. The fourth-order valence-electron chi connectivity index (χ4n) is 3.36. The van der Waals surface area contributed by atoms with Crippen LogP contribution >= 0.6 is 0 Å². The van der Waals surface area contributed by atoms with E-state index in [1.54, 1.807) is 12.1 Å². The molecule has 1 aliphatic rings. The fourth-order valence-corrected chi connectivity index (χ4v) is 3.36. The van der Waals surface area contributed by atoms with Crippen LogP contribution < -0.4 is 0 Å². The maximum absolute atomic E-state index is 11.2. The van der Waals surface area contributed by atoms with Crippen molar-refractivity contribution >= 4 is 5.97 Å². The molecular weight excluding hydrogens is 314 g/mol. The molecule has 0 spiro atoms. The van der Waals surface area contributed by atoms with Crippen LogP contribution in [-0.4, -0.2) is 35.2 Å². The Kier molecular flexibility index (Phi) is 5.21. The molecule has 1 heterocycles. The van der Waals surface area contributed by atoms with E-state index in [0.29, 0.717) is 18.2 Å². The van der Waals surface area contributed by atoms with E-state index in [1.807, 2.05) is 12.1 Å². The second-order valence-electron chi connectivity index (χ2n) is 6.97. The smallest absolute Gasteiger partial charge is 0.335 e. The van der Waals surface area contributed by atoms with Crippen LogP contribution in [-0.2, 0) is 11.3 Å². The molecule has 4 heteroatoms. The van der Waals surface area contributed by atoms with Crippen molar-refractivity contribution in [3.05, 3.63) is 70.3 Å². The Hall–Kier alpha value is -2.17. The number of hydrogen-bond donors (Lipinski definition) is 1. The van der Waals surface area contributed by atoms with Crippen LogP contribution in [0.5, 0.6) is 0 Å². The van der Waals surface area contributed by atoms with E-state index >= 15 is 0 Å². The Morgan fingerprint density at radius 2 is 2.04 bits per heavy atom. The van der Waals surface area contributed by atoms with Gasteiger partial charge in [-0.1, -0.05) is 35.9 Å². The second-order valence-corrected chi connectivity index (χ2v) is 6.97. The summed E-state index contributed by atoms with van der Waals surface area (Å²) >= 11 is 0. The molecular formula is C21H25NO3. The van der Waals surface area contributed by atoms with Crippen molar-refractivity contribution in [3.63, 3.8) is 0 Å². The Balaban J connectivity index is 1.78. The minimum Gasteiger partial charge on any atom is -0.478 e. The third kappa shape index (κ3) is 4.09. The minimum atomic E-state index is -0.884. The molecule has 1 aliphatic heterocycles. The largest absolute Gasteiger partial charge is 0.478 e. The maximum atomic E-state index is 11.2. The molecule has 132 valence electrons. The van der Waals surface area contributed by atoms with Gasteiger partial charge in [0.2, 0.25) is 0 Å². The first-order valence-electron chi connectivity index (χ1n) is 8.69. The van der Waals surface area contributed by atoms with Gasteiger partial charge in [0.05, 0.1) is 18.3 Å². The quantitative estimate of drug-likeness (QED) is 0.916. The number of rotatable bonds is 4. The van der Waals surface area contributed by atoms with Gasteiger partial charge in [-0.05, 0) is 49.6 Å². The lowest BCUT2D eigenvalue weighted by Gasteiger charge is -2.38. The van der Waals surface area contributed by atoms with Crippen LogP contribution in [0, 0.1) is 13.8 Å². The number of hydrogen-bond acceptors (Lipinski definition) is 3. The van der Waals surface area contributed by atoms with Gasteiger partial charge >= 0.3 is 5.97 Å². The number of ether oxygens (including phenoxy) is 1. The number of morpholine rings is 1. The first-order chi connectivity index (χ1) is 11.9. The maximum Gasteiger partial charge on any atom is 0.335 e. The molecule has 1 saturated heterocycles. The first-order valence-corrected chi connectivity index (χ1v) is 8.69. The number of carbonyl (C=O) groups is 1. The van der Waals surface area contributed by atoms with Crippen LogP contribution in [0.3, 0.4) is 0 Å². The van der Waals surface area contributed by atoms with Crippen molar-refractivity contribution in [2.24, 2.45) is 0 Å². The summed E-state index contributed by atoms with van der Waals surface area (Å²) in [5.41, 5.74) is 5.09. The molecule has 4 nitrogen and oxygen atoms in total. The molecule has 0 aromatic heterocycles. The molecule has 0 saturated carbocycles. The number of nitrogens with zero attached hydrogens (tertiary/aromatic N) is 1. The molecule has 0 amide bonds. The summed E-state index contributed by atoms with van der Waals surface area (Å²) in [7, 11) is 0. The number of carboxylic acid groups (broad SMARTS) is 1. The van der Waals surface area contributed by atoms with Crippen LogP contribution in [0.4, 0.5) is 0 Å². The summed E-state index contributed by atoms with van der Waals surface area (Å²) in [6.45, 7) is 8.59. The van der Waals surface area contributed by atoms with Gasteiger partial charge in [-0.2, -0.15) is 0 Å². The van der Waals surface area contributed by atoms with Crippen molar-refractivity contribution in [2.45, 2.75) is 39.5 Å². The van der Waals surface area contributed by atoms with Crippen LogP contribution in [0.25, 0.3) is 0 Å². The summed E-state index contributed by atoms with van der Waals surface area (Å²) in [6, 6.07) is 14.0. The van der Waals surface area contributed by atoms with Gasteiger partial charge in [0.15, 0.2) is 0 Å². The van der Waals surface area contributed by atoms with E-state index in [-0.39, 0.29) is 6.10 Å². The van der Waals surface area contributed by atoms with Gasteiger partial charge in [0.25, 0.3) is 0 Å². The Morgan fingerprint density at radius 1 is 1.24 bits per heavy atom. The van der Waals surface area contributed by atoms with Gasteiger partial charge in [-0.15, -0.1) is 0 Å². The lowest BCUT2D eigenvalue weighted by atomic mass is 9.98. The van der Waals surface area contributed by atoms with E-state index < -0.39 is 5.97 Å². The van der Waals surface area contributed by atoms with E-state index in [0.717, 1.165) is 18.7 Å². The normalized spacial score (nSPS) is 21.2. The molecule has 0 radical (unpaired) electrons. The van der Waals surface area contributed by atoms with Crippen molar-refractivity contribution in [1.29, 1.82) is 0 Å². The lowest BCUT2D eigenvalue weighted by Crippen LogP contribution is -2.44. The molecule has 25 heavy (non-hydrogen) atoms. The van der Waals surface area contributed by atoms with E-state index in [4.69, 9.17) is 4.74 Å². The summed E-state index contributed by atoms with van der Waals surface area (Å²) in [5.74, 6) is -0.884. The van der Waals surface area contributed by atoms with E-state index in [1.165, 1.54) is 16.7 Å². The average molecular weight is 339 g/mol. The molecule has 2 atom stereocenters. The Morgan fingerprint density at radius 3 is 2.80 bits per heavy atom. The Bertz CT molecular complexity index is 771. The highest BCUT2D eigenvalue weighted by atomic mass is 16.5. The van der Waals surface area contributed by atoms with Gasteiger partial charge in [0.1, 0.15) is 0 Å². The van der Waals surface area contributed by atoms with Gasteiger partial charge in [-0.3, -0.25) is 4.90 Å². The predicted molar refractivity (Wildman–Crippen MR) is 97.9 cm³/mol. The minimum absolute atomic E-state index is 0.0544. The molecule has 3 rings (SSSR count). The van der Waals surface area contributed by atoms with Crippen LogP contribution in [0.2, 0.25) is 0 Å². The van der Waals surface area contributed by atoms with Crippen LogP contribution in [0.15, 0.2) is 42.5 Å². The third-order valence-corrected chi connectivity index (χ3v) is 4.90. The topological polar surface area (TPSA) is 49.8 Å². The molecule has 1 fully saturated rings. The van der Waals surface area contributed by atoms with Crippen molar-refractivity contribution < 1.29 is 14.6 Å². The van der Waals surface area contributed by atoms with Crippen molar-refractivity contribution in [2.75, 3.05) is 13.2 Å². The summed E-state index contributed by atoms with van der Waals surface area (Å²) in [4.78, 5) is 13.6.